The van der Waals surface area contributed by atoms with E-state index in [1.807, 2.05) is 37.3 Å². The molecule has 4 atom stereocenters. The molecule has 3 rings (SSSR count). The fourth-order valence-corrected chi connectivity index (χ4v) is 4.08. The van der Waals surface area contributed by atoms with Gasteiger partial charge in [-0.25, -0.2) is 0 Å². The summed E-state index contributed by atoms with van der Waals surface area (Å²) >= 11 is 0. The molecule has 1 saturated carbocycles. The number of nitrogens with zero attached hydrogens (tertiary/aromatic N) is 1. The average Bonchev–Trinajstić information content (AvgIpc) is 2.58. The Hall–Kier alpha value is -1.59. The van der Waals surface area contributed by atoms with Crippen LogP contribution in [0.5, 0.6) is 5.75 Å². The first-order valence-electron chi connectivity index (χ1n) is 8.93. The number of hydrogen-bond donors (Lipinski definition) is 2. The minimum absolute atomic E-state index is 0.0337. The highest BCUT2D eigenvalue weighted by Gasteiger charge is 2.43. The Morgan fingerprint density at radius 2 is 2.04 bits per heavy atom. The molecule has 1 aliphatic carbocycles. The van der Waals surface area contributed by atoms with Gasteiger partial charge < -0.3 is 15.6 Å². The Labute approximate surface area is 143 Å². The summed E-state index contributed by atoms with van der Waals surface area (Å²) in [5.74, 6) is 0.553. The summed E-state index contributed by atoms with van der Waals surface area (Å²) in [5.41, 5.74) is 5.11. The number of nitrogens with two attached hydrogens (primary N) is 1. The fraction of sp³-hybridized carbons (Fsp3) is 0.632. The van der Waals surface area contributed by atoms with Gasteiger partial charge in [-0.2, -0.15) is 0 Å². The third-order valence-electron chi connectivity index (χ3n) is 5.58. The number of benzene rings is 1. The van der Waals surface area contributed by atoms with Crippen LogP contribution < -0.4 is 10.5 Å². The quantitative estimate of drug-likeness (QED) is 0.883. The number of aliphatic hydroxyl groups is 1. The molecule has 1 aliphatic heterocycles. The van der Waals surface area contributed by atoms with Crippen molar-refractivity contribution in [2.45, 2.75) is 57.3 Å². The van der Waals surface area contributed by atoms with Gasteiger partial charge in [-0.3, -0.25) is 9.69 Å². The molecular formula is C19H28N2O3. The Bertz CT molecular complexity index is 565. The summed E-state index contributed by atoms with van der Waals surface area (Å²) in [6.07, 6.45) is 3.82. The van der Waals surface area contributed by atoms with Crippen LogP contribution in [0.15, 0.2) is 30.3 Å². The normalized spacial score (nSPS) is 34.7. The third kappa shape index (κ3) is 3.57. The number of amides is 1. The Morgan fingerprint density at radius 1 is 1.29 bits per heavy atom. The summed E-state index contributed by atoms with van der Waals surface area (Å²) in [7, 11) is 0. The van der Waals surface area contributed by atoms with Gasteiger partial charge in [-0.05, 0) is 57.7 Å². The number of aliphatic hydroxyl groups excluding tert-OH is 1. The van der Waals surface area contributed by atoms with E-state index >= 15 is 0 Å². The van der Waals surface area contributed by atoms with Crippen LogP contribution in [0.4, 0.5) is 0 Å². The van der Waals surface area contributed by atoms with Crippen molar-refractivity contribution >= 4 is 5.91 Å². The summed E-state index contributed by atoms with van der Waals surface area (Å²) in [4.78, 5) is 14.0. The molecule has 3 N–H and O–H groups in total. The molecule has 2 aliphatic rings. The molecule has 2 fully saturated rings. The summed E-state index contributed by atoms with van der Waals surface area (Å²) in [5, 5.41) is 10.9. The van der Waals surface area contributed by atoms with Crippen LogP contribution in [-0.4, -0.2) is 47.3 Å². The molecule has 1 saturated heterocycles. The fourth-order valence-electron chi connectivity index (χ4n) is 4.08. The van der Waals surface area contributed by atoms with Gasteiger partial charge in [0.05, 0.1) is 5.41 Å². The van der Waals surface area contributed by atoms with Gasteiger partial charge in [0.15, 0.2) is 0 Å². The van der Waals surface area contributed by atoms with E-state index < -0.39 is 11.5 Å². The van der Waals surface area contributed by atoms with Crippen molar-refractivity contribution in [3.8, 4) is 5.75 Å². The number of piperidine rings is 1. The van der Waals surface area contributed by atoms with Crippen molar-refractivity contribution in [1.29, 1.82) is 0 Å². The number of likely N-dealkylation sites (tertiary alicyclic amines) is 1. The Morgan fingerprint density at radius 3 is 2.75 bits per heavy atom. The van der Waals surface area contributed by atoms with Crippen molar-refractivity contribution in [1.82, 2.24) is 4.90 Å². The highest BCUT2D eigenvalue weighted by atomic mass is 16.5. The van der Waals surface area contributed by atoms with E-state index in [1.165, 1.54) is 0 Å². The zero-order valence-corrected chi connectivity index (χ0v) is 14.4. The van der Waals surface area contributed by atoms with Crippen molar-refractivity contribution < 1.29 is 14.6 Å². The molecule has 0 bridgehead atoms. The van der Waals surface area contributed by atoms with Crippen molar-refractivity contribution in [2.75, 3.05) is 13.1 Å². The van der Waals surface area contributed by atoms with Gasteiger partial charge in [0.25, 0.3) is 0 Å². The smallest absolute Gasteiger partial charge is 0.224 e. The van der Waals surface area contributed by atoms with E-state index in [-0.39, 0.29) is 18.1 Å². The third-order valence-corrected chi connectivity index (χ3v) is 5.58. The Kier molecular flexibility index (Phi) is 5.11. The number of ether oxygens (including phenoxy) is 1. The van der Waals surface area contributed by atoms with Gasteiger partial charge in [0, 0.05) is 12.6 Å². The number of hydrogen-bond acceptors (Lipinski definition) is 4. The van der Waals surface area contributed by atoms with Gasteiger partial charge in [0.2, 0.25) is 5.91 Å². The van der Waals surface area contributed by atoms with Crippen LogP contribution in [-0.2, 0) is 4.79 Å². The summed E-state index contributed by atoms with van der Waals surface area (Å²) < 4.78 is 6.02. The molecule has 1 heterocycles. The lowest BCUT2D eigenvalue weighted by atomic mass is 9.79. The molecular weight excluding hydrogens is 304 g/mol. The highest BCUT2D eigenvalue weighted by molar-refractivity contribution is 5.80. The molecule has 0 unspecified atom stereocenters. The van der Waals surface area contributed by atoms with Crippen LogP contribution in [0.3, 0.4) is 0 Å². The lowest BCUT2D eigenvalue weighted by Gasteiger charge is -2.46. The topological polar surface area (TPSA) is 75.8 Å². The van der Waals surface area contributed by atoms with Gasteiger partial charge in [-0.15, -0.1) is 0 Å². The molecule has 132 valence electrons. The average molecular weight is 332 g/mol. The van der Waals surface area contributed by atoms with E-state index in [2.05, 4.69) is 4.90 Å². The van der Waals surface area contributed by atoms with Crippen LogP contribution in [0.1, 0.15) is 39.0 Å². The highest BCUT2D eigenvalue weighted by Crippen LogP contribution is 2.34. The van der Waals surface area contributed by atoms with Crippen molar-refractivity contribution in [2.24, 2.45) is 11.1 Å². The standard InChI is InChI=1S/C19H28N2O3/c1-19(18(20)23)11-6-12-21(13-19)15-9-5-10-16(17(15)22)24-14-7-3-2-4-8-14/h2-4,7-8,15-17,22H,5-6,9-13H2,1H3,(H2,20,23)/t15-,16+,17+,19-/m0/s1. The van der Waals surface area contributed by atoms with E-state index in [0.717, 1.165) is 44.4 Å². The molecule has 5 heteroatoms. The zero-order chi connectivity index (χ0) is 17.2. The van der Waals surface area contributed by atoms with Crippen molar-refractivity contribution in [3.63, 3.8) is 0 Å². The van der Waals surface area contributed by atoms with Crippen LogP contribution >= 0.6 is 0 Å². The first kappa shape index (κ1) is 17.2. The number of carbonyl (C=O) groups excluding carboxylic acids is 1. The lowest BCUT2D eigenvalue weighted by molar-refractivity contribution is -0.132. The largest absolute Gasteiger partial charge is 0.488 e. The predicted octanol–water partition coefficient (Wildman–Crippen LogP) is 1.93. The summed E-state index contributed by atoms with van der Waals surface area (Å²) in [6, 6.07) is 9.69. The van der Waals surface area contributed by atoms with E-state index in [0.29, 0.717) is 6.54 Å². The van der Waals surface area contributed by atoms with Crippen LogP contribution in [0.2, 0.25) is 0 Å². The lowest BCUT2D eigenvalue weighted by Crippen LogP contribution is -2.58. The maximum atomic E-state index is 11.8. The van der Waals surface area contributed by atoms with E-state index in [4.69, 9.17) is 10.5 Å². The molecule has 5 nitrogen and oxygen atoms in total. The maximum absolute atomic E-state index is 11.8. The SMILES string of the molecule is C[C@]1(C(N)=O)CCCN([C@H]2CCC[C@@H](Oc3ccccc3)[C@@H]2O)C1. The van der Waals surface area contributed by atoms with Crippen molar-refractivity contribution in [3.05, 3.63) is 30.3 Å². The van der Waals surface area contributed by atoms with E-state index in [1.54, 1.807) is 0 Å². The second-order valence-electron chi connectivity index (χ2n) is 7.46. The summed E-state index contributed by atoms with van der Waals surface area (Å²) in [6.45, 7) is 3.47. The molecule has 24 heavy (non-hydrogen) atoms. The molecule has 1 aromatic rings. The first-order valence-corrected chi connectivity index (χ1v) is 8.93. The zero-order valence-electron chi connectivity index (χ0n) is 14.4. The second kappa shape index (κ2) is 7.11. The predicted molar refractivity (Wildman–Crippen MR) is 92.6 cm³/mol. The minimum Gasteiger partial charge on any atom is -0.488 e. The number of primary amides is 1. The minimum atomic E-state index is -0.547. The van der Waals surface area contributed by atoms with E-state index in [9.17, 15) is 9.90 Å². The van der Waals surface area contributed by atoms with Gasteiger partial charge >= 0.3 is 0 Å². The number of para-hydroxylation sites is 1. The molecule has 0 radical (unpaired) electrons. The Balaban J connectivity index is 1.68. The molecule has 0 aromatic heterocycles. The molecule has 1 aromatic carbocycles. The number of rotatable bonds is 4. The van der Waals surface area contributed by atoms with Gasteiger partial charge in [-0.1, -0.05) is 18.2 Å². The molecule has 1 amide bonds. The maximum Gasteiger partial charge on any atom is 0.224 e. The number of carbonyl (C=O) groups is 1. The molecule has 0 spiro atoms. The van der Waals surface area contributed by atoms with Crippen LogP contribution in [0, 0.1) is 5.41 Å². The first-order chi connectivity index (χ1) is 11.5. The monoisotopic (exact) mass is 332 g/mol. The van der Waals surface area contributed by atoms with Gasteiger partial charge in [0.1, 0.15) is 18.0 Å². The van der Waals surface area contributed by atoms with Crippen LogP contribution in [0.25, 0.3) is 0 Å². The second-order valence-corrected chi connectivity index (χ2v) is 7.46.